The van der Waals surface area contributed by atoms with E-state index in [9.17, 15) is 4.79 Å². The number of halogens is 2. The van der Waals surface area contributed by atoms with Gasteiger partial charge in [-0.15, -0.1) is 0 Å². The van der Waals surface area contributed by atoms with Crippen molar-refractivity contribution in [3.63, 3.8) is 0 Å². The number of aryl methyl sites for hydroxylation is 1. The van der Waals surface area contributed by atoms with E-state index in [0.29, 0.717) is 11.3 Å². The lowest BCUT2D eigenvalue weighted by molar-refractivity contribution is 0.102. The highest BCUT2D eigenvalue weighted by Gasteiger charge is 2.13. The fraction of sp³-hybridized carbons (Fsp3) is 0.200. The quantitative estimate of drug-likeness (QED) is 0.858. The summed E-state index contributed by atoms with van der Waals surface area (Å²) in [6, 6.07) is 5.19. The predicted octanol–water partition coefficient (Wildman–Crippen LogP) is 4.27. The Balaban J connectivity index is 2.29. The van der Waals surface area contributed by atoms with E-state index in [2.05, 4.69) is 10.3 Å². The van der Waals surface area contributed by atoms with Crippen LogP contribution >= 0.6 is 23.2 Å². The van der Waals surface area contributed by atoms with Crippen molar-refractivity contribution < 1.29 is 9.53 Å². The van der Waals surface area contributed by atoms with E-state index in [1.807, 2.05) is 26.0 Å². The number of hydrogen-bond acceptors (Lipinski definition) is 3. The molecule has 0 saturated carbocycles. The molecule has 0 aliphatic rings. The first-order valence-corrected chi connectivity index (χ1v) is 6.96. The lowest BCUT2D eigenvalue weighted by Gasteiger charge is -2.14. The van der Waals surface area contributed by atoms with Gasteiger partial charge in [0.1, 0.15) is 10.9 Å². The van der Waals surface area contributed by atoms with E-state index < -0.39 is 0 Å². The SMILES string of the molecule is COc1c(C)ccc(NC(=O)c2cnc(Cl)c(Cl)c2)c1C. The van der Waals surface area contributed by atoms with E-state index in [1.54, 1.807) is 7.11 Å². The normalized spacial score (nSPS) is 10.3. The molecular formula is C15H14Cl2N2O2. The zero-order chi connectivity index (χ0) is 15.6. The predicted molar refractivity (Wildman–Crippen MR) is 84.7 cm³/mol. The third-order valence-corrected chi connectivity index (χ3v) is 3.80. The summed E-state index contributed by atoms with van der Waals surface area (Å²) in [5, 5.41) is 3.22. The van der Waals surface area contributed by atoms with Crippen LogP contribution in [0.15, 0.2) is 24.4 Å². The van der Waals surface area contributed by atoms with Gasteiger partial charge in [-0.25, -0.2) is 4.98 Å². The van der Waals surface area contributed by atoms with E-state index >= 15 is 0 Å². The van der Waals surface area contributed by atoms with Crippen LogP contribution in [0.5, 0.6) is 5.75 Å². The molecule has 4 nitrogen and oxygen atoms in total. The number of benzene rings is 1. The number of carbonyl (C=O) groups excluding carboxylic acids is 1. The second kappa shape index (κ2) is 6.33. The number of pyridine rings is 1. The second-order valence-electron chi connectivity index (χ2n) is 4.54. The van der Waals surface area contributed by atoms with Gasteiger partial charge < -0.3 is 10.1 Å². The molecule has 0 bridgehead atoms. The Hall–Kier alpha value is -1.78. The molecule has 1 heterocycles. The fourth-order valence-corrected chi connectivity index (χ4v) is 2.29. The molecule has 1 aromatic carbocycles. The van der Waals surface area contributed by atoms with Gasteiger partial charge in [-0.05, 0) is 31.5 Å². The molecule has 0 unspecified atom stereocenters. The highest BCUT2D eigenvalue weighted by atomic mass is 35.5. The van der Waals surface area contributed by atoms with Crippen LogP contribution in [0.4, 0.5) is 5.69 Å². The van der Waals surface area contributed by atoms with Gasteiger partial charge in [0.15, 0.2) is 0 Å². The summed E-state index contributed by atoms with van der Waals surface area (Å²) in [7, 11) is 1.60. The van der Waals surface area contributed by atoms with Crippen molar-refractivity contribution in [2.45, 2.75) is 13.8 Å². The second-order valence-corrected chi connectivity index (χ2v) is 5.30. The van der Waals surface area contributed by atoms with Gasteiger partial charge in [0.05, 0.1) is 17.7 Å². The number of nitrogens with one attached hydrogen (secondary N) is 1. The van der Waals surface area contributed by atoms with Crippen molar-refractivity contribution in [3.8, 4) is 5.75 Å². The van der Waals surface area contributed by atoms with Gasteiger partial charge in [0.25, 0.3) is 5.91 Å². The summed E-state index contributed by atoms with van der Waals surface area (Å²) in [4.78, 5) is 16.1. The molecule has 1 aromatic heterocycles. The number of rotatable bonds is 3. The van der Waals surface area contributed by atoms with Gasteiger partial charge in [-0.1, -0.05) is 29.3 Å². The van der Waals surface area contributed by atoms with E-state index in [0.717, 1.165) is 16.9 Å². The Morgan fingerprint density at radius 2 is 2.00 bits per heavy atom. The number of aromatic nitrogens is 1. The topological polar surface area (TPSA) is 51.2 Å². The molecule has 1 amide bonds. The van der Waals surface area contributed by atoms with E-state index in [1.165, 1.54) is 12.3 Å². The Morgan fingerprint density at radius 1 is 1.29 bits per heavy atom. The van der Waals surface area contributed by atoms with Crippen LogP contribution in [0.1, 0.15) is 21.5 Å². The van der Waals surface area contributed by atoms with Crippen LogP contribution < -0.4 is 10.1 Å². The number of anilines is 1. The van der Waals surface area contributed by atoms with Gasteiger partial charge in [-0.3, -0.25) is 4.79 Å². The van der Waals surface area contributed by atoms with Crippen molar-refractivity contribution >= 4 is 34.8 Å². The van der Waals surface area contributed by atoms with Crippen LogP contribution in [0.2, 0.25) is 10.2 Å². The zero-order valence-corrected chi connectivity index (χ0v) is 13.3. The lowest BCUT2D eigenvalue weighted by Crippen LogP contribution is -2.13. The minimum Gasteiger partial charge on any atom is -0.496 e. The number of amides is 1. The highest BCUT2D eigenvalue weighted by molar-refractivity contribution is 6.41. The third kappa shape index (κ3) is 3.28. The summed E-state index contributed by atoms with van der Waals surface area (Å²) in [5.41, 5.74) is 2.87. The molecule has 21 heavy (non-hydrogen) atoms. The zero-order valence-electron chi connectivity index (χ0n) is 11.8. The summed E-state index contributed by atoms with van der Waals surface area (Å²) in [6.07, 6.45) is 1.38. The Labute approximate surface area is 133 Å². The summed E-state index contributed by atoms with van der Waals surface area (Å²) in [6.45, 7) is 3.83. The fourth-order valence-electron chi connectivity index (χ4n) is 2.02. The minimum atomic E-state index is -0.310. The number of carbonyl (C=O) groups is 1. The smallest absolute Gasteiger partial charge is 0.257 e. The molecule has 0 fully saturated rings. The van der Waals surface area contributed by atoms with Gasteiger partial charge in [0.2, 0.25) is 0 Å². The molecule has 0 spiro atoms. The number of methoxy groups -OCH3 is 1. The lowest BCUT2D eigenvalue weighted by atomic mass is 10.1. The standard InChI is InChI=1S/C15H14Cl2N2O2/c1-8-4-5-12(9(2)13(8)21-3)19-15(20)10-6-11(16)14(17)18-7-10/h4-7H,1-3H3,(H,19,20). The maximum atomic E-state index is 12.2. The average Bonchev–Trinajstić information content (AvgIpc) is 2.45. The van der Waals surface area contributed by atoms with Crippen LogP contribution in [0, 0.1) is 13.8 Å². The maximum absolute atomic E-state index is 12.2. The summed E-state index contributed by atoms with van der Waals surface area (Å²) in [5.74, 6) is 0.440. The van der Waals surface area contributed by atoms with Crippen molar-refractivity contribution in [1.29, 1.82) is 0 Å². The average molecular weight is 325 g/mol. The molecule has 2 rings (SSSR count). The molecular weight excluding hydrogens is 311 g/mol. The Kier molecular flexibility index (Phi) is 4.70. The maximum Gasteiger partial charge on any atom is 0.257 e. The molecule has 0 aliphatic carbocycles. The molecule has 0 atom stereocenters. The van der Waals surface area contributed by atoms with Crippen LogP contribution in [-0.4, -0.2) is 18.0 Å². The molecule has 0 saturated heterocycles. The van der Waals surface area contributed by atoms with E-state index in [-0.39, 0.29) is 16.1 Å². The first-order valence-electron chi connectivity index (χ1n) is 6.20. The first-order chi connectivity index (χ1) is 9.93. The monoisotopic (exact) mass is 324 g/mol. The van der Waals surface area contributed by atoms with Crippen molar-refractivity contribution in [2.24, 2.45) is 0 Å². The molecule has 0 aliphatic heterocycles. The van der Waals surface area contributed by atoms with Crippen molar-refractivity contribution in [1.82, 2.24) is 4.98 Å². The highest BCUT2D eigenvalue weighted by Crippen LogP contribution is 2.29. The largest absolute Gasteiger partial charge is 0.496 e. The number of hydrogen-bond donors (Lipinski definition) is 1. The number of nitrogens with zero attached hydrogens (tertiary/aromatic N) is 1. The van der Waals surface area contributed by atoms with Crippen molar-refractivity contribution in [3.05, 3.63) is 51.3 Å². The van der Waals surface area contributed by atoms with Gasteiger partial charge in [0, 0.05) is 17.4 Å². The minimum absolute atomic E-state index is 0.168. The number of ether oxygens (including phenoxy) is 1. The van der Waals surface area contributed by atoms with E-state index in [4.69, 9.17) is 27.9 Å². The summed E-state index contributed by atoms with van der Waals surface area (Å²) < 4.78 is 5.34. The van der Waals surface area contributed by atoms with Crippen molar-refractivity contribution in [2.75, 3.05) is 12.4 Å². The van der Waals surface area contributed by atoms with Crippen LogP contribution in [0.3, 0.4) is 0 Å². The van der Waals surface area contributed by atoms with Crippen LogP contribution in [0.25, 0.3) is 0 Å². The molecule has 0 radical (unpaired) electrons. The summed E-state index contributed by atoms with van der Waals surface area (Å²) >= 11 is 11.6. The van der Waals surface area contributed by atoms with Gasteiger partial charge in [-0.2, -0.15) is 0 Å². The Bertz CT molecular complexity index is 702. The molecule has 1 N–H and O–H groups in total. The molecule has 6 heteroatoms. The Morgan fingerprint density at radius 3 is 2.62 bits per heavy atom. The van der Waals surface area contributed by atoms with Crippen LogP contribution in [-0.2, 0) is 0 Å². The molecule has 110 valence electrons. The third-order valence-electron chi connectivity index (χ3n) is 3.11. The molecule has 2 aromatic rings. The first kappa shape index (κ1) is 15.6. The van der Waals surface area contributed by atoms with Gasteiger partial charge >= 0.3 is 0 Å².